The third-order valence-electron chi connectivity index (χ3n) is 6.47. The third kappa shape index (κ3) is 2.97. The van der Waals surface area contributed by atoms with Crippen LogP contribution in [-0.2, 0) is 16.1 Å². The number of amides is 1. The van der Waals surface area contributed by atoms with Crippen LogP contribution >= 0.6 is 0 Å². The lowest BCUT2D eigenvalue weighted by Crippen LogP contribution is -2.54. The normalized spacial score (nSPS) is 33.6. The Labute approximate surface area is 144 Å². The lowest BCUT2D eigenvalue weighted by atomic mass is 9.49. The number of methoxy groups -OCH3 is 1. The van der Waals surface area contributed by atoms with Gasteiger partial charge in [0.25, 0.3) is 0 Å². The zero-order valence-electron chi connectivity index (χ0n) is 14.6. The molecule has 1 amide bonds. The van der Waals surface area contributed by atoms with Crippen molar-refractivity contribution in [2.75, 3.05) is 20.3 Å². The Morgan fingerprint density at radius 3 is 2.29 bits per heavy atom. The number of hydrogen-bond acceptors (Lipinski definition) is 3. The Morgan fingerprint density at radius 2 is 1.75 bits per heavy atom. The van der Waals surface area contributed by atoms with E-state index in [0.717, 1.165) is 42.6 Å². The Morgan fingerprint density at radius 1 is 1.17 bits per heavy atom. The van der Waals surface area contributed by atoms with Crippen molar-refractivity contribution in [3.63, 3.8) is 0 Å². The van der Waals surface area contributed by atoms with Gasteiger partial charge in [-0.3, -0.25) is 9.78 Å². The van der Waals surface area contributed by atoms with Crippen LogP contribution in [0.1, 0.15) is 44.1 Å². The zero-order valence-corrected chi connectivity index (χ0v) is 14.6. The lowest BCUT2D eigenvalue weighted by Gasteiger charge is -2.56. The summed E-state index contributed by atoms with van der Waals surface area (Å²) in [5.41, 5.74) is 1.08. The molecule has 1 aromatic rings. The number of pyridine rings is 1. The van der Waals surface area contributed by atoms with Gasteiger partial charge in [-0.05, 0) is 74.0 Å². The van der Waals surface area contributed by atoms with E-state index in [4.69, 9.17) is 4.74 Å². The standard InChI is InChI=1S/C20H28N2O2/c1-24-7-6-22(14-15-2-4-21-5-3-15)19(23)20-11-16-8-17(12-20)10-18(9-16)13-20/h2-5,16-18H,6-14H2,1H3. The molecule has 5 rings (SSSR count). The number of nitrogens with zero attached hydrogens (tertiary/aromatic N) is 2. The molecule has 0 aromatic carbocycles. The average Bonchev–Trinajstić information content (AvgIpc) is 2.57. The number of carbonyl (C=O) groups is 1. The quantitative estimate of drug-likeness (QED) is 0.805. The van der Waals surface area contributed by atoms with Gasteiger partial charge in [0.15, 0.2) is 0 Å². The molecule has 4 aliphatic carbocycles. The summed E-state index contributed by atoms with van der Waals surface area (Å²) in [6.07, 6.45) is 11.1. The average molecular weight is 328 g/mol. The van der Waals surface area contributed by atoms with Crippen molar-refractivity contribution in [3.8, 4) is 0 Å². The molecule has 0 spiro atoms. The molecule has 0 radical (unpaired) electrons. The molecule has 24 heavy (non-hydrogen) atoms. The predicted molar refractivity (Wildman–Crippen MR) is 92.1 cm³/mol. The highest BCUT2D eigenvalue weighted by Gasteiger charge is 2.55. The summed E-state index contributed by atoms with van der Waals surface area (Å²) < 4.78 is 5.27. The van der Waals surface area contributed by atoms with Crippen LogP contribution in [0.3, 0.4) is 0 Å². The molecule has 4 bridgehead atoms. The number of carbonyl (C=O) groups excluding carboxylic acids is 1. The Balaban J connectivity index is 1.54. The van der Waals surface area contributed by atoms with E-state index in [1.807, 2.05) is 17.0 Å². The summed E-state index contributed by atoms with van der Waals surface area (Å²) in [5, 5.41) is 0. The summed E-state index contributed by atoms with van der Waals surface area (Å²) in [6, 6.07) is 4.01. The molecule has 4 nitrogen and oxygen atoms in total. The van der Waals surface area contributed by atoms with Crippen LogP contribution in [0, 0.1) is 23.2 Å². The second kappa shape index (κ2) is 6.47. The van der Waals surface area contributed by atoms with Crippen LogP contribution in [0.15, 0.2) is 24.5 Å². The largest absolute Gasteiger partial charge is 0.383 e. The van der Waals surface area contributed by atoms with E-state index in [0.29, 0.717) is 25.6 Å². The fourth-order valence-corrected chi connectivity index (χ4v) is 5.87. The van der Waals surface area contributed by atoms with Crippen molar-refractivity contribution in [3.05, 3.63) is 30.1 Å². The minimum atomic E-state index is -0.0739. The van der Waals surface area contributed by atoms with Crippen molar-refractivity contribution < 1.29 is 9.53 Å². The highest BCUT2D eigenvalue weighted by atomic mass is 16.5. The molecule has 1 aromatic heterocycles. The van der Waals surface area contributed by atoms with Crippen molar-refractivity contribution in [2.24, 2.45) is 23.2 Å². The number of aromatic nitrogens is 1. The van der Waals surface area contributed by atoms with Crippen molar-refractivity contribution in [1.29, 1.82) is 0 Å². The van der Waals surface area contributed by atoms with Crippen LogP contribution in [0.25, 0.3) is 0 Å². The van der Waals surface area contributed by atoms with Gasteiger partial charge in [-0.25, -0.2) is 0 Å². The van der Waals surface area contributed by atoms with Crippen molar-refractivity contribution in [1.82, 2.24) is 9.88 Å². The molecule has 130 valence electrons. The molecule has 4 saturated carbocycles. The zero-order chi connectivity index (χ0) is 16.6. The molecular formula is C20H28N2O2. The Kier molecular flexibility index (Phi) is 4.33. The second-order valence-corrected chi connectivity index (χ2v) is 8.27. The van der Waals surface area contributed by atoms with Gasteiger partial charge in [0.2, 0.25) is 5.91 Å². The van der Waals surface area contributed by atoms with E-state index in [-0.39, 0.29) is 5.41 Å². The minimum Gasteiger partial charge on any atom is -0.383 e. The third-order valence-corrected chi connectivity index (χ3v) is 6.47. The first-order valence-corrected chi connectivity index (χ1v) is 9.36. The predicted octanol–water partition coefficient (Wildman–Crippen LogP) is 3.27. The van der Waals surface area contributed by atoms with Gasteiger partial charge < -0.3 is 9.64 Å². The number of hydrogen-bond donors (Lipinski definition) is 0. The molecule has 4 aliphatic rings. The molecule has 4 fully saturated rings. The number of rotatable bonds is 6. The number of ether oxygens (including phenoxy) is 1. The molecule has 4 heteroatoms. The van der Waals surface area contributed by atoms with Gasteiger partial charge in [0.1, 0.15) is 0 Å². The van der Waals surface area contributed by atoms with Crippen LogP contribution in [0.2, 0.25) is 0 Å². The van der Waals surface area contributed by atoms with Crippen LogP contribution in [0.4, 0.5) is 0 Å². The topological polar surface area (TPSA) is 42.4 Å². The summed E-state index contributed by atoms with van der Waals surface area (Å²) in [7, 11) is 1.71. The fourth-order valence-electron chi connectivity index (χ4n) is 5.87. The van der Waals surface area contributed by atoms with Gasteiger partial charge in [0, 0.05) is 32.6 Å². The molecule has 0 saturated heterocycles. The monoisotopic (exact) mass is 328 g/mol. The summed E-state index contributed by atoms with van der Waals surface area (Å²) in [4.78, 5) is 19.7. The van der Waals surface area contributed by atoms with Gasteiger partial charge >= 0.3 is 0 Å². The van der Waals surface area contributed by atoms with E-state index in [2.05, 4.69) is 4.98 Å². The lowest BCUT2D eigenvalue weighted by molar-refractivity contribution is -0.159. The van der Waals surface area contributed by atoms with E-state index in [1.54, 1.807) is 19.5 Å². The molecular weight excluding hydrogens is 300 g/mol. The Bertz CT molecular complexity index is 551. The van der Waals surface area contributed by atoms with E-state index >= 15 is 0 Å². The molecule has 1 heterocycles. The van der Waals surface area contributed by atoms with Gasteiger partial charge in [0.05, 0.1) is 12.0 Å². The second-order valence-electron chi connectivity index (χ2n) is 8.27. The van der Waals surface area contributed by atoms with E-state index in [1.165, 1.54) is 19.3 Å². The maximum absolute atomic E-state index is 13.6. The molecule has 0 unspecified atom stereocenters. The van der Waals surface area contributed by atoms with Crippen LogP contribution in [0.5, 0.6) is 0 Å². The van der Waals surface area contributed by atoms with Crippen LogP contribution in [-0.4, -0.2) is 36.1 Å². The maximum atomic E-state index is 13.6. The highest BCUT2D eigenvalue weighted by molar-refractivity contribution is 5.83. The summed E-state index contributed by atoms with van der Waals surface area (Å²) in [5.74, 6) is 2.77. The first kappa shape index (κ1) is 16.1. The van der Waals surface area contributed by atoms with E-state index in [9.17, 15) is 4.79 Å². The SMILES string of the molecule is COCCN(Cc1ccncc1)C(=O)C12CC3CC(CC(C3)C1)C2. The first-order valence-electron chi connectivity index (χ1n) is 9.36. The maximum Gasteiger partial charge on any atom is 0.229 e. The summed E-state index contributed by atoms with van der Waals surface area (Å²) >= 11 is 0. The van der Waals surface area contributed by atoms with Gasteiger partial charge in [-0.1, -0.05) is 0 Å². The fraction of sp³-hybridized carbons (Fsp3) is 0.700. The first-order chi connectivity index (χ1) is 11.7. The smallest absolute Gasteiger partial charge is 0.229 e. The summed E-state index contributed by atoms with van der Waals surface area (Å²) in [6.45, 7) is 1.95. The molecule has 0 aliphatic heterocycles. The van der Waals surface area contributed by atoms with Gasteiger partial charge in [-0.2, -0.15) is 0 Å². The minimum absolute atomic E-state index is 0.0739. The van der Waals surface area contributed by atoms with E-state index < -0.39 is 0 Å². The molecule has 0 atom stereocenters. The van der Waals surface area contributed by atoms with Crippen molar-refractivity contribution in [2.45, 2.75) is 45.1 Å². The highest BCUT2D eigenvalue weighted by Crippen LogP contribution is 2.60. The Hall–Kier alpha value is -1.42. The van der Waals surface area contributed by atoms with Crippen LogP contribution < -0.4 is 0 Å². The van der Waals surface area contributed by atoms with Crippen molar-refractivity contribution >= 4 is 5.91 Å². The molecule has 0 N–H and O–H groups in total. The van der Waals surface area contributed by atoms with Gasteiger partial charge in [-0.15, -0.1) is 0 Å².